The fraction of sp³-hybridized carbons (Fsp3) is 0.222. The number of carbonyl (C=O) groups is 2. The van der Waals surface area contributed by atoms with E-state index in [2.05, 4.69) is 30.4 Å². The summed E-state index contributed by atoms with van der Waals surface area (Å²) >= 11 is 0. The maximum absolute atomic E-state index is 12.3. The van der Waals surface area contributed by atoms with E-state index in [0.29, 0.717) is 18.1 Å². The van der Waals surface area contributed by atoms with Gasteiger partial charge in [-0.15, -0.1) is 0 Å². The second kappa shape index (κ2) is 8.01. The Morgan fingerprint density at radius 2 is 1.83 bits per heavy atom. The summed E-state index contributed by atoms with van der Waals surface area (Å²) in [6.07, 6.45) is 3.13. The Hall–Kier alpha value is -3.02. The summed E-state index contributed by atoms with van der Waals surface area (Å²) in [6, 6.07) is 6.12. The molecule has 0 aliphatic carbocycles. The lowest BCUT2D eigenvalue weighted by Crippen LogP contribution is -2.51. The predicted octanol–water partition coefficient (Wildman–Crippen LogP) is 2.46. The van der Waals surface area contributed by atoms with E-state index < -0.39 is 24.0 Å². The number of carbonyl (C=O) groups excluding carboxylic acids is 2. The SMILES string of the molecule is C=CCOC(=O)[C@@H]1C(=C)NC(=O)N[C@H]1c1ccc(OCC=C)cc1. The van der Waals surface area contributed by atoms with E-state index in [9.17, 15) is 9.59 Å². The van der Waals surface area contributed by atoms with Crippen molar-refractivity contribution in [2.24, 2.45) is 5.92 Å². The summed E-state index contributed by atoms with van der Waals surface area (Å²) in [7, 11) is 0. The number of ether oxygens (including phenoxy) is 2. The highest BCUT2D eigenvalue weighted by Crippen LogP contribution is 2.31. The van der Waals surface area contributed by atoms with Gasteiger partial charge in [0.05, 0.1) is 6.04 Å². The standard InChI is InChI=1S/C18H20N2O4/c1-4-10-23-14-8-6-13(7-9-14)16-15(17(21)24-11-5-2)12(3)19-18(22)20-16/h4-9,15-16H,1-3,10-11H2,(H2,19,20,22)/t15-,16+/m1/s1. The molecule has 0 unspecified atom stereocenters. The Morgan fingerprint density at radius 3 is 2.46 bits per heavy atom. The number of nitrogens with one attached hydrogen (secondary N) is 2. The first kappa shape index (κ1) is 17.3. The van der Waals surface area contributed by atoms with Gasteiger partial charge < -0.3 is 20.1 Å². The molecule has 126 valence electrons. The molecule has 1 aliphatic rings. The Balaban J connectivity index is 2.23. The number of amides is 2. The van der Waals surface area contributed by atoms with E-state index >= 15 is 0 Å². The zero-order valence-electron chi connectivity index (χ0n) is 13.3. The molecule has 1 aliphatic heterocycles. The molecule has 1 aromatic rings. The molecule has 6 heteroatoms. The lowest BCUT2D eigenvalue weighted by atomic mass is 9.89. The molecule has 1 saturated heterocycles. The number of benzene rings is 1. The van der Waals surface area contributed by atoms with Gasteiger partial charge in [0.15, 0.2) is 0 Å². The second-order valence-corrected chi connectivity index (χ2v) is 5.17. The van der Waals surface area contributed by atoms with Gasteiger partial charge in [-0.1, -0.05) is 44.0 Å². The van der Waals surface area contributed by atoms with Gasteiger partial charge in [-0.25, -0.2) is 4.79 Å². The summed E-state index contributed by atoms with van der Waals surface area (Å²) in [6.45, 7) is 11.4. The number of esters is 1. The highest BCUT2D eigenvalue weighted by molar-refractivity contribution is 5.85. The minimum Gasteiger partial charge on any atom is -0.490 e. The van der Waals surface area contributed by atoms with Crippen molar-refractivity contribution in [3.8, 4) is 5.75 Å². The molecule has 1 aromatic carbocycles. The highest BCUT2D eigenvalue weighted by atomic mass is 16.5. The van der Waals surface area contributed by atoms with E-state index in [0.717, 1.165) is 5.56 Å². The van der Waals surface area contributed by atoms with Crippen molar-refractivity contribution in [3.05, 3.63) is 67.4 Å². The third kappa shape index (κ3) is 4.04. The van der Waals surface area contributed by atoms with Crippen LogP contribution in [0.2, 0.25) is 0 Å². The molecule has 2 amide bonds. The monoisotopic (exact) mass is 328 g/mol. The Labute approximate surface area is 140 Å². The van der Waals surface area contributed by atoms with Crippen LogP contribution in [0.1, 0.15) is 11.6 Å². The smallest absolute Gasteiger partial charge is 0.319 e. The molecule has 0 bridgehead atoms. The fourth-order valence-electron chi connectivity index (χ4n) is 2.40. The predicted molar refractivity (Wildman–Crippen MR) is 90.3 cm³/mol. The van der Waals surface area contributed by atoms with Crippen molar-refractivity contribution < 1.29 is 19.1 Å². The quantitative estimate of drug-likeness (QED) is 0.595. The van der Waals surface area contributed by atoms with Crippen LogP contribution < -0.4 is 15.4 Å². The molecule has 0 aromatic heterocycles. The number of urea groups is 1. The van der Waals surface area contributed by atoms with Gasteiger partial charge in [0.25, 0.3) is 0 Å². The Morgan fingerprint density at radius 1 is 1.17 bits per heavy atom. The third-order valence-electron chi connectivity index (χ3n) is 3.47. The summed E-state index contributed by atoms with van der Waals surface area (Å²) in [5.41, 5.74) is 1.04. The second-order valence-electron chi connectivity index (χ2n) is 5.17. The van der Waals surface area contributed by atoms with Crippen LogP contribution in [-0.2, 0) is 9.53 Å². The molecular formula is C18H20N2O4. The van der Waals surface area contributed by atoms with Gasteiger partial charge >= 0.3 is 12.0 Å². The normalized spacial score (nSPS) is 19.7. The summed E-state index contributed by atoms with van der Waals surface area (Å²) in [4.78, 5) is 24.1. The van der Waals surface area contributed by atoms with Crippen molar-refractivity contribution in [3.63, 3.8) is 0 Å². The average molecular weight is 328 g/mol. The maximum Gasteiger partial charge on any atom is 0.319 e. The van der Waals surface area contributed by atoms with Crippen LogP contribution in [-0.4, -0.2) is 25.2 Å². The zero-order chi connectivity index (χ0) is 17.5. The largest absolute Gasteiger partial charge is 0.490 e. The van der Waals surface area contributed by atoms with Gasteiger partial charge in [0.1, 0.15) is 24.9 Å². The van der Waals surface area contributed by atoms with Gasteiger partial charge in [-0.3, -0.25) is 4.79 Å². The van der Waals surface area contributed by atoms with Gasteiger partial charge in [-0.05, 0) is 17.7 Å². The number of rotatable bonds is 7. The molecule has 0 spiro atoms. The molecule has 1 heterocycles. The fourth-order valence-corrected chi connectivity index (χ4v) is 2.40. The lowest BCUT2D eigenvalue weighted by Gasteiger charge is -2.33. The van der Waals surface area contributed by atoms with Crippen molar-refractivity contribution in [2.45, 2.75) is 6.04 Å². The van der Waals surface area contributed by atoms with Gasteiger partial charge in [0.2, 0.25) is 0 Å². The van der Waals surface area contributed by atoms with Crippen molar-refractivity contribution in [1.29, 1.82) is 0 Å². The Kier molecular flexibility index (Phi) is 5.78. The van der Waals surface area contributed by atoms with Crippen LogP contribution in [0.25, 0.3) is 0 Å². The van der Waals surface area contributed by atoms with E-state index in [1.54, 1.807) is 30.3 Å². The van der Waals surface area contributed by atoms with Gasteiger partial charge in [-0.2, -0.15) is 0 Å². The first-order chi connectivity index (χ1) is 11.6. The minimum atomic E-state index is -0.734. The van der Waals surface area contributed by atoms with Crippen LogP contribution >= 0.6 is 0 Å². The summed E-state index contributed by atoms with van der Waals surface area (Å²) in [5, 5.41) is 5.26. The van der Waals surface area contributed by atoms with Gasteiger partial charge in [0, 0.05) is 5.70 Å². The molecule has 0 radical (unpaired) electrons. The van der Waals surface area contributed by atoms with Crippen molar-refractivity contribution in [1.82, 2.24) is 10.6 Å². The zero-order valence-corrected chi connectivity index (χ0v) is 13.3. The summed E-state index contributed by atoms with van der Waals surface area (Å²) < 4.78 is 10.5. The molecule has 24 heavy (non-hydrogen) atoms. The first-order valence-electron chi connectivity index (χ1n) is 7.44. The molecule has 6 nitrogen and oxygen atoms in total. The summed E-state index contributed by atoms with van der Waals surface area (Å²) in [5.74, 6) is -0.546. The van der Waals surface area contributed by atoms with Crippen molar-refractivity contribution >= 4 is 12.0 Å². The third-order valence-corrected chi connectivity index (χ3v) is 3.47. The molecule has 1 fully saturated rings. The molecule has 2 atom stereocenters. The van der Waals surface area contributed by atoms with E-state index in [-0.39, 0.29) is 6.61 Å². The van der Waals surface area contributed by atoms with E-state index in [1.807, 2.05) is 0 Å². The maximum atomic E-state index is 12.3. The van der Waals surface area contributed by atoms with Crippen LogP contribution in [0.3, 0.4) is 0 Å². The topological polar surface area (TPSA) is 76.7 Å². The first-order valence-corrected chi connectivity index (χ1v) is 7.44. The lowest BCUT2D eigenvalue weighted by molar-refractivity contribution is -0.147. The van der Waals surface area contributed by atoms with Crippen molar-refractivity contribution in [2.75, 3.05) is 13.2 Å². The van der Waals surface area contributed by atoms with Crippen LogP contribution in [0, 0.1) is 5.92 Å². The van der Waals surface area contributed by atoms with Crippen LogP contribution in [0.5, 0.6) is 5.75 Å². The van der Waals surface area contributed by atoms with Crippen LogP contribution in [0.15, 0.2) is 61.9 Å². The highest BCUT2D eigenvalue weighted by Gasteiger charge is 2.38. The minimum absolute atomic E-state index is 0.0949. The van der Waals surface area contributed by atoms with Crippen LogP contribution in [0.4, 0.5) is 4.79 Å². The van der Waals surface area contributed by atoms with E-state index in [1.165, 1.54) is 6.08 Å². The van der Waals surface area contributed by atoms with E-state index in [4.69, 9.17) is 9.47 Å². The number of hydrogen-bond acceptors (Lipinski definition) is 4. The average Bonchev–Trinajstić information content (AvgIpc) is 2.57. The molecule has 2 N–H and O–H groups in total. The molecule has 2 rings (SSSR count). The molecular weight excluding hydrogens is 308 g/mol. The number of hydrogen-bond donors (Lipinski definition) is 2. The Bertz CT molecular complexity index is 651. The molecule has 0 saturated carbocycles.